The van der Waals surface area contributed by atoms with Gasteiger partial charge in [-0.05, 0) is 48.1 Å². The van der Waals surface area contributed by atoms with E-state index in [-0.39, 0.29) is 0 Å². The number of fused-ring (bicyclic) bond motifs is 4. The van der Waals surface area contributed by atoms with Crippen molar-refractivity contribution in [3.63, 3.8) is 0 Å². The molecule has 5 rings (SSSR count). The molecule has 0 saturated carbocycles. The molecule has 3 aliphatic carbocycles. The highest BCUT2D eigenvalue weighted by atomic mass is 16.5. The van der Waals surface area contributed by atoms with Crippen LogP contribution in [-0.4, -0.2) is 26.7 Å². The lowest BCUT2D eigenvalue weighted by Crippen LogP contribution is -2.28. The van der Waals surface area contributed by atoms with Crippen molar-refractivity contribution in [2.75, 3.05) is 26.7 Å². The van der Waals surface area contributed by atoms with E-state index in [9.17, 15) is 0 Å². The van der Waals surface area contributed by atoms with Crippen LogP contribution in [0.15, 0.2) is 69.2 Å². The van der Waals surface area contributed by atoms with Gasteiger partial charge in [-0.3, -0.25) is 0 Å². The van der Waals surface area contributed by atoms with Crippen LogP contribution >= 0.6 is 0 Å². The van der Waals surface area contributed by atoms with Gasteiger partial charge in [-0.25, -0.2) is 0 Å². The number of methoxy groups -OCH3 is 1. The first-order valence-corrected chi connectivity index (χ1v) is 8.63. The third-order valence-corrected chi connectivity index (χ3v) is 5.79. The molecule has 0 saturated heterocycles. The number of nitrogens with one attached hydrogen (secondary N) is 2. The lowest BCUT2D eigenvalue weighted by molar-refractivity contribution is 0.296. The summed E-state index contributed by atoms with van der Waals surface area (Å²) in [4.78, 5) is 0. The van der Waals surface area contributed by atoms with E-state index in [2.05, 4.69) is 28.9 Å². The van der Waals surface area contributed by atoms with Crippen LogP contribution in [0.3, 0.4) is 0 Å². The monoisotopic (exact) mass is 306 g/mol. The maximum atomic E-state index is 5.61. The van der Waals surface area contributed by atoms with Gasteiger partial charge >= 0.3 is 0 Å². The maximum Gasteiger partial charge on any atom is 0.142 e. The van der Waals surface area contributed by atoms with Crippen molar-refractivity contribution < 1.29 is 4.74 Å². The summed E-state index contributed by atoms with van der Waals surface area (Å²) in [5, 5.41) is 6.86. The molecule has 0 aromatic heterocycles. The summed E-state index contributed by atoms with van der Waals surface area (Å²) < 4.78 is 5.61. The zero-order valence-corrected chi connectivity index (χ0v) is 13.5. The largest absolute Gasteiger partial charge is 0.495 e. The van der Waals surface area contributed by atoms with Gasteiger partial charge in [-0.15, -0.1) is 0 Å². The molecule has 0 radical (unpaired) electrons. The topological polar surface area (TPSA) is 33.3 Å². The van der Waals surface area contributed by atoms with Gasteiger partial charge in [0.1, 0.15) is 5.76 Å². The molecule has 1 atom stereocenters. The van der Waals surface area contributed by atoms with Crippen molar-refractivity contribution in [3.05, 3.63) is 69.2 Å². The van der Waals surface area contributed by atoms with E-state index in [1.807, 2.05) is 6.20 Å². The Hall–Kier alpha value is -2.00. The van der Waals surface area contributed by atoms with Crippen molar-refractivity contribution in [2.45, 2.75) is 19.3 Å². The molecular formula is C20H22N2O. The first kappa shape index (κ1) is 13.4. The Morgan fingerprint density at radius 3 is 3.00 bits per heavy atom. The van der Waals surface area contributed by atoms with Gasteiger partial charge in [0.25, 0.3) is 0 Å². The highest BCUT2D eigenvalue weighted by molar-refractivity contribution is 5.67. The molecule has 3 nitrogen and oxygen atoms in total. The smallest absolute Gasteiger partial charge is 0.142 e. The van der Waals surface area contributed by atoms with Crippen LogP contribution in [0.2, 0.25) is 0 Å². The second kappa shape index (κ2) is 5.00. The van der Waals surface area contributed by atoms with Crippen LogP contribution in [0, 0.1) is 5.92 Å². The van der Waals surface area contributed by atoms with Crippen LogP contribution in [-0.2, 0) is 4.74 Å². The Kier molecular flexibility index (Phi) is 2.92. The third-order valence-electron chi connectivity index (χ3n) is 5.79. The molecule has 0 aromatic rings. The van der Waals surface area contributed by atoms with Gasteiger partial charge in [0, 0.05) is 30.8 Å². The molecule has 0 amide bonds. The molecule has 23 heavy (non-hydrogen) atoms. The second-order valence-corrected chi connectivity index (χ2v) is 6.87. The first-order valence-electron chi connectivity index (χ1n) is 8.63. The highest BCUT2D eigenvalue weighted by Gasteiger charge is 2.36. The van der Waals surface area contributed by atoms with Crippen LogP contribution < -0.4 is 10.6 Å². The van der Waals surface area contributed by atoms with Crippen LogP contribution in [0.5, 0.6) is 0 Å². The fourth-order valence-corrected chi connectivity index (χ4v) is 4.74. The van der Waals surface area contributed by atoms with E-state index in [0.717, 1.165) is 25.4 Å². The zero-order valence-electron chi connectivity index (χ0n) is 13.5. The van der Waals surface area contributed by atoms with Gasteiger partial charge in [0.2, 0.25) is 0 Å². The van der Waals surface area contributed by atoms with E-state index in [1.54, 1.807) is 23.8 Å². The van der Waals surface area contributed by atoms with Crippen LogP contribution in [0.1, 0.15) is 19.3 Å². The van der Waals surface area contributed by atoms with Crippen molar-refractivity contribution in [3.8, 4) is 0 Å². The minimum atomic E-state index is 0.461. The SMILES string of the molecule is COC1=CNCC2=CC3C(=C21)C=CC1=C3CCC2=C1CCNC2. The minimum Gasteiger partial charge on any atom is -0.495 e. The van der Waals surface area contributed by atoms with Gasteiger partial charge < -0.3 is 15.4 Å². The second-order valence-electron chi connectivity index (χ2n) is 6.87. The third kappa shape index (κ3) is 1.86. The summed E-state index contributed by atoms with van der Waals surface area (Å²) in [5.74, 6) is 1.44. The predicted octanol–water partition coefficient (Wildman–Crippen LogP) is 2.88. The van der Waals surface area contributed by atoms with Crippen molar-refractivity contribution in [1.82, 2.24) is 10.6 Å². The molecule has 2 aliphatic heterocycles. The number of ether oxygens (including phenoxy) is 1. The molecule has 0 bridgehead atoms. The summed E-state index contributed by atoms with van der Waals surface area (Å²) in [5.41, 5.74) is 10.6. The molecule has 3 heteroatoms. The fourth-order valence-electron chi connectivity index (χ4n) is 4.74. The Morgan fingerprint density at radius 1 is 1.13 bits per heavy atom. The number of allylic oxidation sites excluding steroid dienone is 7. The van der Waals surface area contributed by atoms with Crippen molar-refractivity contribution in [2.24, 2.45) is 5.92 Å². The molecule has 118 valence electrons. The van der Waals surface area contributed by atoms with Crippen molar-refractivity contribution in [1.29, 1.82) is 0 Å². The summed E-state index contributed by atoms with van der Waals surface area (Å²) >= 11 is 0. The van der Waals surface area contributed by atoms with Gasteiger partial charge in [-0.1, -0.05) is 29.4 Å². The van der Waals surface area contributed by atoms with Crippen molar-refractivity contribution >= 4 is 0 Å². The Labute approximate surface area is 137 Å². The minimum absolute atomic E-state index is 0.461. The summed E-state index contributed by atoms with van der Waals surface area (Å²) in [6.07, 6.45) is 12.8. The summed E-state index contributed by atoms with van der Waals surface area (Å²) in [6.45, 7) is 3.11. The van der Waals surface area contributed by atoms with E-state index in [4.69, 9.17) is 4.74 Å². The number of rotatable bonds is 1. The average Bonchev–Trinajstić information content (AvgIpc) is 3.00. The zero-order chi connectivity index (χ0) is 15.4. The number of hydrogen-bond donors (Lipinski definition) is 2. The molecule has 5 aliphatic rings. The molecular weight excluding hydrogens is 284 g/mol. The standard InChI is InChI=1S/C20H22N2O/c1-23-19-11-22-10-13-8-18-16-3-2-12-9-21-7-6-14(12)15(16)4-5-17(18)20(13)19/h4-5,8,11,18,21-22H,2-3,6-7,9-10H2,1H3. The van der Waals surface area contributed by atoms with Gasteiger partial charge in [0.05, 0.1) is 7.11 Å². The van der Waals surface area contributed by atoms with Crippen LogP contribution in [0.4, 0.5) is 0 Å². The Balaban J connectivity index is 1.63. The van der Waals surface area contributed by atoms with Gasteiger partial charge in [-0.2, -0.15) is 0 Å². The summed E-state index contributed by atoms with van der Waals surface area (Å²) in [6, 6.07) is 0. The molecule has 0 spiro atoms. The predicted molar refractivity (Wildman–Crippen MR) is 91.6 cm³/mol. The maximum absolute atomic E-state index is 5.61. The van der Waals surface area contributed by atoms with E-state index < -0.39 is 0 Å². The molecule has 0 aromatic carbocycles. The normalized spacial score (nSPS) is 28.5. The summed E-state index contributed by atoms with van der Waals surface area (Å²) in [7, 11) is 1.77. The Bertz CT molecular complexity index is 773. The molecule has 2 N–H and O–H groups in total. The average molecular weight is 306 g/mol. The van der Waals surface area contributed by atoms with Gasteiger partial charge in [0.15, 0.2) is 0 Å². The first-order chi connectivity index (χ1) is 11.4. The highest BCUT2D eigenvalue weighted by Crippen LogP contribution is 2.49. The lowest BCUT2D eigenvalue weighted by atomic mass is 9.73. The quantitative estimate of drug-likeness (QED) is 0.781. The molecule has 0 fully saturated rings. The Morgan fingerprint density at radius 2 is 2.09 bits per heavy atom. The number of hydrogen-bond acceptors (Lipinski definition) is 3. The van der Waals surface area contributed by atoms with E-state index in [0.29, 0.717) is 5.92 Å². The fraction of sp³-hybridized carbons (Fsp3) is 0.400. The molecule has 1 unspecified atom stereocenters. The molecule has 2 heterocycles. The van der Waals surface area contributed by atoms with Crippen LogP contribution in [0.25, 0.3) is 0 Å². The van der Waals surface area contributed by atoms with E-state index >= 15 is 0 Å². The lowest BCUT2D eigenvalue weighted by Gasteiger charge is -2.33. The van der Waals surface area contributed by atoms with E-state index in [1.165, 1.54) is 41.6 Å².